The lowest BCUT2D eigenvalue weighted by Gasteiger charge is -2.25. The summed E-state index contributed by atoms with van der Waals surface area (Å²) >= 11 is 3.21. The van der Waals surface area contributed by atoms with Crippen LogP contribution in [0.4, 0.5) is 11.8 Å². The summed E-state index contributed by atoms with van der Waals surface area (Å²) < 4.78 is 13.5. The minimum absolute atomic E-state index is 0.00870. The van der Waals surface area contributed by atoms with E-state index in [0.29, 0.717) is 24.7 Å². The lowest BCUT2D eigenvalue weighted by atomic mass is 10.1. The van der Waals surface area contributed by atoms with Gasteiger partial charge < -0.3 is 25.2 Å². The van der Waals surface area contributed by atoms with E-state index in [1.807, 2.05) is 44.4 Å². The molecule has 1 aliphatic carbocycles. The Kier molecular flexibility index (Phi) is 6.12. The molecule has 11 heteroatoms. The molecule has 4 unspecified atom stereocenters. The Hall–Kier alpha value is -2.70. The number of hydrogen-bond acceptors (Lipinski definition) is 11. The molecule has 0 spiro atoms. The SMILES string of the molecule is Cc1nc(NCc2nccs2)nc(NC2CC(CO)C3OC(C)(C)OC23)c1-c1nc2ccccc2s1. The first-order chi connectivity index (χ1) is 17.4. The minimum Gasteiger partial charge on any atom is -0.396 e. The zero-order chi connectivity index (χ0) is 24.9. The molecule has 2 fully saturated rings. The summed E-state index contributed by atoms with van der Waals surface area (Å²) in [5.74, 6) is 0.512. The highest BCUT2D eigenvalue weighted by Crippen LogP contribution is 2.44. The van der Waals surface area contributed by atoms with Crippen molar-refractivity contribution in [2.45, 2.75) is 57.8 Å². The number of benzene rings is 1. The summed E-state index contributed by atoms with van der Waals surface area (Å²) in [7, 11) is 0. The van der Waals surface area contributed by atoms with E-state index in [2.05, 4.69) is 21.7 Å². The van der Waals surface area contributed by atoms with Crippen molar-refractivity contribution in [3.63, 3.8) is 0 Å². The molecular weight excluding hydrogens is 496 g/mol. The minimum atomic E-state index is -0.693. The van der Waals surface area contributed by atoms with E-state index >= 15 is 0 Å². The van der Waals surface area contributed by atoms with Crippen LogP contribution in [0.3, 0.4) is 0 Å². The van der Waals surface area contributed by atoms with Crippen LogP contribution in [0.25, 0.3) is 20.8 Å². The number of hydrogen-bond donors (Lipinski definition) is 3. The van der Waals surface area contributed by atoms with Crippen molar-refractivity contribution in [3.05, 3.63) is 46.5 Å². The molecule has 1 aromatic carbocycles. The molecule has 9 nitrogen and oxygen atoms in total. The van der Waals surface area contributed by atoms with Gasteiger partial charge >= 0.3 is 0 Å². The van der Waals surface area contributed by atoms with Crippen LogP contribution in [-0.2, 0) is 16.0 Å². The Morgan fingerprint density at radius 3 is 2.75 bits per heavy atom. The van der Waals surface area contributed by atoms with Gasteiger partial charge in [0.2, 0.25) is 5.95 Å². The number of nitrogens with zero attached hydrogens (tertiary/aromatic N) is 4. The second-order valence-electron chi connectivity index (χ2n) is 9.62. The Morgan fingerprint density at radius 1 is 1.14 bits per heavy atom. The maximum atomic E-state index is 10.0. The number of para-hydroxylation sites is 1. The Morgan fingerprint density at radius 2 is 1.97 bits per heavy atom. The first-order valence-corrected chi connectivity index (χ1v) is 13.7. The third-order valence-electron chi connectivity index (χ3n) is 6.62. The van der Waals surface area contributed by atoms with Gasteiger partial charge in [-0.1, -0.05) is 12.1 Å². The number of anilines is 2. The first kappa shape index (κ1) is 23.7. The number of aliphatic hydroxyl groups is 1. The largest absolute Gasteiger partial charge is 0.396 e. The van der Waals surface area contributed by atoms with Crippen LogP contribution in [0.2, 0.25) is 0 Å². The summed E-state index contributed by atoms with van der Waals surface area (Å²) in [6.45, 7) is 6.41. The maximum Gasteiger partial charge on any atom is 0.225 e. The smallest absolute Gasteiger partial charge is 0.225 e. The monoisotopic (exact) mass is 524 g/mol. The number of aryl methyl sites for hydroxylation is 1. The fourth-order valence-electron chi connectivity index (χ4n) is 5.07. The van der Waals surface area contributed by atoms with Gasteiger partial charge in [0, 0.05) is 24.1 Å². The molecule has 4 atom stereocenters. The number of fused-ring (bicyclic) bond motifs is 2. The van der Waals surface area contributed by atoms with Gasteiger partial charge in [-0.15, -0.1) is 22.7 Å². The first-order valence-electron chi connectivity index (χ1n) is 12.0. The molecule has 2 aliphatic rings. The summed E-state index contributed by atoms with van der Waals surface area (Å²) in [6, 6.07) is 8.02. The average Bonchev–Trinajstić information content (AvgIpc) is 3.62. The average molecular weight is 525 g/mol. The Labute approximate surface area is 217 Å². The lowest BCUT2D eigenvalue weighted by Crippen LogP contribution is -2.35. The molecule has 3 N–H and O–H groups in total. The van der Waals surface area contributed by atoms with E-state index in [0.717, 1.165) is 31.5 Å². The fraction of sp³-hybridized carbons (Fsp3) is 0.440. The van der Waals surface area contributed by atoms with Gasteiger partial charge in [0.05, 0.1) is 40.2 Å². The third kappa shape index (κ3) is 4.46. The van der Waals surface area contributed by atoms with Crippen LogP contribution in [0.5, 0.6) is 0 Å². The van der Waals surface area contributed by atoms with E-state index in [4.69, 9.17) is 24.4 Å². The second kappa shape index (κ2) is 9.31. The number of aliphatic hydroxyl groups excluding tert-OH is 1. The van der Waals surface area contributed by atoms with Crippen molar-refractivity contribution in [2.75, 3.05) is 17.2 Å². The number of thiazole rings is 2. The number of ether oxygens (including phenoxy) is 2. The summed E-state index contributed by atoms with van der Waals surface area (Å²) in [6.07, 6.45) is 2.14. The van der Waals surface area contributed by atoms with Crippen LogP contribution in [0.1, 0.15) is 31.0 Å². The molecule has 0 radical (unpaired) electrons. The van der Waals surface area contributed by atoms with Crippen molar-refractivity contribution in [3.8, 4) is 10.6 Å². The van der Waals surface area contributed by atoms with Gasteiger partial charge in [-0.25, -0.2) is 15.0 Å². The van der Waals surface area contributed by atoms with Gasteiger partial charge in [-0.2, -0.15) is 4.98 Å². The molecule has 0 amide bonds. The summed E-state index contributed by atoms with van der Waals surface area (Å²) in [4.78, 5) is 18.9. The van der Waals surface area contributed by atoms with Gasteiger partial charge in [0.15, 0.2) is 5.79 Å². The van der Waals surface area contributed by atoms with Crippen LogP contribution in [0, 0.1) is 12.8 Å². The zero-order valence-electron chi connectivity index (χ0n) is 20.3. The molecule has 36 heavy (non-hydrogen) atoms. The Bertz CT molecular complexity index is 1340. The van der Waals surface area contributed by atoms with E-state index < -0.39 is 5.79 Å². The topological polar surface area (TPSA) is 114 Å². The highest BCUT2D eigenvalue weighted by Gasteiger charge is 2.54. The van der Waals surface area contributed by atoms with Crippen LogP contribution < -0.4 is 10.6 Å². The van der Waals surface area contributed by atoms with Crippen LogP contribution in [0.15, 0.2) is 35.8 Å². The van der Waals surface area contributed by atoms with Crippen LogP contribution in [-0.4, -0.2) is 55.7 Å². The molecule has 0 bridgehead atoms. The molecule has 3 aromatic heterocycles. The van der Waals surface area contributed by atoms with Crippen LogP contribution >= 0.6 is 22.7 Å². The van der Waals surface area contributed by atoms with Gasteiger partial charge in [-0.05, 0) is 39.3 Å². The molecular formula is C25H28N6O3S2. The molecule has 4 aromatic rings. The number of nitrogens with one attached hydrogen (secondary N) is 2. The third-order valence-corrected chi connectivity index (χ3v) is 8.45. The highest BCUT2D eigenvalue weighted by molar-refractivity contribution is 7.21. The predicted molar refractivity (Wildman–Crippen MR) is 141 cm³/mol. The molecule has 1 saturated heterocycles. The second-order valence-corrected chi connectivity index (χ2v) is 11.6. The molecule has 1 saturated carbocycles. The zero-order valence-corrected chi connectivity index (χ0v) is 21.9. The quantitative estimate of drug-likeness (QED) is 0.323. The normalized spacial score (nSPS) is 24.8. The van der Waals surface area contributed by atoms with E-state index in [-0.39, 0.29) is 30.8 Å². The predicted octanol–water partition coefficient (Wildman–Crippen LogP) is 4.44. The molecule has 4 heterocycles. The van der Waals surface area contributed by atoms with Crippen molar-refractivity contribution >= 4 is 44.7 Å². The van der Waals surface area contributed by atoms with E-state index in [9.17, 15) is 5.11 Å². The van der Waals surface area contributed by atoms with Gasteiger partial charge in [0.1, 0.15) is 21.9 Å². The molecule has 1 aliphatic heterocycles. The van der Waals surface area contributed by atoms with E-state index in [1.54, 1.807) is 28.9 Å². The Balaban J connectivity index is 1.37. The fourth-order valence-corrected chi connectivity index (χ4v) is 6.69. The van der Waals surface area contributed by atoms with Crippen molar-refractivity contribution in [1.82, 2.24) is 19.9 Å². The van der Waals surface area contributed by atoms with E-state index in [1.165, 1.54) is 0 Å². The molecule has 6 rings (SSSR count). The lowest BCUT2D eigenvalue weighted by molar-refractivity contribution is -0.158. The van der Waals surface area contributed by atoms with Gasteiger partial charge in [0.25, 0.3) is 0 Å². The van der Waals surface area contributed by atoms with Crippen molar-refractivity contribution < 1.29 is 14.6 Å². The van der Waals surface area contributed by atoms with Gasteiger partial charge in [-0.3, -0.25) is 0 Å². The number of aromatic nitrogens is 4. The maximum absolute atomic E-state index is 10.0. The standard InChI is InChI=1S/C25H28N6O3S2/c1-13-19(23-30-15-6-4-5-7-17(15)36-23)22(31-24(28-13)27-11-18-26-8-9-35-18)29-16-10-14(12-32)20-21(16)34-25(2,3)33-20/h4-9,14,16,20-21,32H,10-12H2,1-3H3,(H2,27,28,29,31). The summed E-state index contributed by atoms with van der Waals surface area (Å²) in [5, 5.41) is 20.7. The summed E-state index contributed by atoms with van der Waals surface area (Å²) in [5.41, 5.74) is 2.65. The van der Waals surface area contributed by atoms with Crippen molar-refractivity contribution in [2.24, 2.45) is 5.92 Å². The number of rotatable bonds is 7. The molecule has 188 valence electrons. The highest BCUT2D eigenvalue weighted by atomic mass is 32.1. The van der Waals surface area contributed by atoms with Crippen molar-refractivity contribution in [1.29, 1.82) is 0 Å².